The first-order chi connectivity index (χ1) is 13.1. The van der Waals surface area contributed by atoms with E-state index >= 15 is 0 Å². The molecule has 2 aromatic heterocycles. The second kappa shape index (κ2) is 7.40. The topological polar surface area (TPSA) is 62.6 Å². The van der Waals surface area contributed by atoms with E-state index < -0.39 is 6.04 Å². The monoisotopic (exact) mass is 380 g/mol. The Bertz CT molecular complexity index is 934. The van der Waals surface area contributed by atoms with Crippen LogP contribution in [0.25, 0.3) is 0 Å². The van der Waals surface area contributed by atoms with Crippen molar-refractivity contribution in [3.05, 3.63) is 81.9 Å². The summed E-state index contributed by atoms with van der Waals surface area (Å²) in [5.74, 6) is -0.279. The highest BCUT2D eigenvalue weighted by molar-refractivity contribution is 7.10. The average Bonchev–Trinajstić information content (AvgIpc) is 3.38. The standard InChI is InChI=1S/C21H20N2O3S/c1-14(22-20(24)17-8-5-12-26-17)21(25)23-11-9-18-16(10-13-27-18)19(23)15-6-3-2-4-7-15/h2-8,10,12-14,19H,9,11H2,1H3,(H,22,24). The summed E-state index contributed by atoms with van der Waals surface area (Å²) in [5.41, 5.74) is 2.25. The van der Waals surface area contributed by atoms with Crippen molar-refractivity contribution < 1.29 is 14.0 Å². The van der Waals surface area contributed by atoms with Gasteiger partial charge in [-0.3, -0.25) is 9.59 Å². The highest BCUT2D eigenvalue weighted by Crippen LogP contribution is 2.37. The SMILES string of the molecule is CC(NC(=O)c1ccco1)C(=O)N1CCc2sccc2C1c1ccccc1. The van der Waals surface area contributed by atoms with Gasteiger partial charge in [-0.1, -0.05) is 30.3 Å². The van der Waals surface area contributed by atoms with Crippen molar-refractivity contribution in [2.24, 2.45) is 0 Å². The molecule has 5 nitrogen and oxygen atoms in total. The Balaban J connectivity index is 1.59. The van der Waals surface area contributed by atoms with E-state index in [4.69, 9.17) is 4.42 Å². The number of amides is 2. The van der Waals surface area contributed by atoms with E-state index in [-0.39, 0.29) is 23.6 Å². The van der Waals surface area contributed by atoms with E-state index in [0.717, 1.165) is 12.0 Å². The summed E-state index contributed by atoms with van der Waals surface area (Å²) in [5, 5.41) is 4.83. The van der Waals surface area contributed by atoms with Gasteiger partial charge >= 0.3 is 0 Å². The number of hydrogen-bond acceptors (Lipinski definition) is 4. The number of nitrogens with one attached hydrogen (secondary N) is 1. The first-order valence-corrected chi connectivity index (χ1v) is 9.79. The van der Waals surface area contributed by atoms with Crippen LogP contribution in [-0.2, 0) is 11.2 Å². The molecule has 0 aliphatic carbocycles. The second-order valence-electron chi connectivity index (χ2n) is 6.57. The third kappa shape index (κ3) is 3.40. The van der Waals surface area contributed by atoms with Gasteiger partial charge in [0.05, 0.1) is 12.3 Å². The van der Waals surface area contributed by atoms with Crippen molar-refractivity contribution in [3.63, 3.8) is 0 Å². The van der Waals surface area contributed by atoms with Gasteiger partial charge < -0.3 is 14.6 Å². The van der Waals surface area contributed by atoms with Gasteiger partial charge in [-0.15, -0.1) is 11.3 Å². The fraction of sp³-hybridized carbons (Fsp3) is 0.238. The van der Waals surface area contributed by atoms with Crippen LogP contribution in [0, 0.1) is 0 Å². The third-order valence-electron chi connectivity index (χ3n) is 4.83. The van der Waals surface area contributed by atoms with Crippen molar-refractivity contribution in [1.29, 1.82) is 0 Å². The van der Waals surface area contributed by atoms with Gasteiger partial charge in [0, 0.05) is 11.4 Å². The number of hydrogen-bond donors (Lipinski definition) is 1. The highest BCUT2D eigenvalue weighted by Gasteiger charge is 2.35. The number of rotatable bonds is 4. The fourth-order valence-corrected chi connectivity index (χ4v) is 4.44. The second-order valence-corrected chi connectivity index (χ2v) is 7.57. The summed E-state index contributed by atoms with van der Waals surface area (Å²) >= 11 is 1.73. The molecule has 0 fully saturated rings. The van der Waals surface area contributed by atoms with Crippen LogP contribution in [0.1, 0.15) is 39.5 Å². The fourth-order valence-electron chi connectivity index (χ4n) is 3.53. The van der Waals surface area contributed by atoms with Crippen LogP contribution in [0.4, 0.5) is 0 Å². The Morgan fingerprint density at radius 2 is 2.00 bits per heavy atom. The number of nitrogens with zero attached hydrogens (tertiary/aromatic N) is 1. The molecule has 0 saturated heterocycles. The van der Waals surface area contributed by atoms with Crippen LogP contribution < -0.4 is 5.32 Å². The summed E-state index contributed by atoms with van der Waals surface area (Å²) in [6, 6.07) is 14.6. The maximum Gasteiger partial charge on any atom is 0.287 e. The molecule has 1 aliphatic heterocycles. The van der Waals surface area contributed by atoms with E-state index in [2.05, 4.69) is 16.8 Å². The van der Waals surface area contributed by atoms with Crippen molar-refractivity contribution in [2.45, 2.75) is 25.4 Å². The molecular formula is C21H20N2O3S. The minimum atomic E-state index is -0.644. The Kier molecular flexibility index (Phi) is 4.81. The number of carbonyl (C=O) groups is 2. The van der Waals surface area contributed by atoms with Crippen LogP contribution in [0.5, 0.6) is 0 Å². The van der Waals surface area contributed by atoms with E-state index in [1.165, 1.54) is 16.7 Å². The summed E-state index contributed by atoms with van der Waals surface area (Å²) < 4.78 is 5.11. The smallest absolute Gasteiger partial charge is 0.287 e. The summed E-state index contributed by atoms with van der Waals surface area (Å²) in [7, 11) is 0. The first kappa shape index (κ1) is 17.5. The Morgan fingerprint density at radius 3 is 2.74 bits per heavy atom. The molecule has 0 saturated carbocycles. The molecule has 1 aromatic carbocycles. The largest absolute Gasteiger partial charge is 0.459 e. The summed E-state index contributed by atoms with van der Waals surface area (Å²) in [6.45, 7) is 2.35. The van der Waals surface area contributed by atoms with Crippen molar-refractivity contribution in [3.8, 4) is 0 Å². The predicted octanol–water partition coefficient (Wildman–Crippen LogP) is 3.63. The van der Waals surface area contributed by atoms with Gasteiger partial charge in [-0.25, -0.2) is 0 Å². The van der Waals surface area contributed by atoms with Crippen molar-refractivity contribution >= 4 is 23.2 Å². The number of thiophene rings is 1. The van der Waals surface area contributed by atoms with Crippen molar-refractivity contribution in [1.82, 2.24) is 10.2 Å². The molecular weight excluding hydrogens is 360 g/mol. The molecule has 3 aromatic rings. The minimum absolute atomic E-state index is 0.0967. The number of carbonyl (C=O) groups excluding carboxylic acids is 2. The molecule has 6 heteroatoms. The van der Waals surface area contributed by atoms with Crippen molar-refractivity contribution in [2.75, 3.05) is 6.54 Å². The zero-order valence-corrected chi connectivity index (χ0v) is 15.7. The highest BCUT2D eigenvalue weighted by atomic mass is 32.1. The predicted molar refractivity (Wildman–Crippen MR) is 104 cm³/mol. The molecule has 0 spiro atoms. The molecule has 4 rings (SSSR count). The molecule has 1 aliphatic rings. The lowest BCUT2D eigenvalue weighted by atomic mass is 9.92. The third-order valence-corrected chi connectivity index (χ3v) is 5.82. The Morgan fingerprint density at radius 1 is 1.19 bits per heavy atom. The lowest BCUT2D eigenvalue weighted by Gasteiger charge is -2.37. The average molecular weight is 380 g/mol. The van der Waals surface area contributed by atoms with Crippen LogP contribution in [0.2, 0.25) is 0 Å². The van der Waals surface area contributed by atoms with E-state index in [9.17, 15) is 9.59 Å². The number of benzene rings is 1. The summed E-state index contributed by atoms with van der Waals surface area (Å²) in [6.07, 6.45) is 2.27. The normalized spacial score (nSPS) is 17.2. The molecule has 0 radical (unpaired) electrons. The summed E-state index contributed by atoms with van der Waals surface area (Å²) in [4.78, 5) is 28.6. The lowest BCUT2D eigenvalue weighted by molar-refractivity contribution is -0.134. The van der Waals surface area contributed by atoms with E-state index in [1.54, 1.807) is 30.4 Å². The minimum Gasteiger partial charge on any atom is -0.459 e. The van der Waals surface area contributed by atoms with Crippen LogP contribution in [0.15, 0.2) is 64.6 Å². The zero-order chi connectivity index (χ0) is 18.8. The quantitative estimate of drug-likeness (QED) is 0.752. The number of fused-ring (bicyclic) bond motifs is 1. The molecule has 2 atom stereocenters. The zero-order valence-electron chi connectivity index (χ0n) is 14.9. The number of furan rings is 1. The van der Waals surface area contributed by atoms with Gasteiger partial charge in [-0.05, 0) is 48.1 Å². The molecule has 0 bridgehead atoms. The Hall–Kier alpha value is -2.86. The lowest BCUT2D eigenvalue weighted by Crippen LogP contribution is -2.50. The maximum absolute atomic E-state index is 13.2. The van der Waals surface area contributed by atoms with Gasteiger partial charge in [0.1, 0.15) is 6.04 Å². The van der Waals surface area contributed by atoms with Crippen LogP contribution in [-0.4, -0.2) is 29.3 Å². The molecule has 3 heterocycles. The van der Waals surface area contributed by atoms with Crippen LogP contribution in [0.3, 0.4) is 0 Å². The molecule has 2 unspecified atom stereocenters. The van der Waals surface area contributed by atoms with Gasteiger partial charge in [-0.2, -0.15) is 0 Å². The van der Waals surface area contributed by atoms with E-state index in [0.29, 0.717) is 6.54 Å². The van der Waals surface area contributed by atoms with Gasteiger partial charge in [0.2, 0.25) is 5.91 Å². The van der Waals surface area contributed by atoms with Crippen LogP contribution >= 0.6 is 11.3 Å². The molecule has 27 heavy (non-hydrogen) atoms. The Labute approximate surface area is 161 Å². The van der Waals surface area contributed by atoms with Gasteiger partial charge in [0.15, 0.2) is 5.76 Å². The molecule has 2 amide bonds. The maximum atomic E-state index is 13.2. The molecule has 138 valence electrons. The first-order valence-electron chi connectivity index (χ1n) is 8.91. The van der Waals surface area contributed by atoms with Gasteiger partial charge in [0.25, 0.3) is 5.91 Å². The molecule has 1 N–H and O–H groups in total. The van der Waals surface area contributed by atoms with E-state index in [1.807, 2.05) is 35.2 Å².